The van der Waals surface area contributed by atoms with Crippen LogP contribution in [0.1, 0.15) is 60.9 Å². The van der Waals surface area contributed by atoms with E-state index in [-0.39, 0.29) is 25.3 Å². The molecule has 2 aliphatic heterocycles. The van der Waals surface area contributed by atoms with Crippen LogP contribution >= 0.6 is 0 Å². The van der Waals surface area contributed by atoms with Gasteiger partial charge in [-0.15, -0.1) is 0 Å². The molecule has 3 heterocycles. The van der Waals surface area contributed by atoms with E-state index in [0.717, 1.165) is 18.2 Å². The van der Waals surface area contributed by atoms with Crippen LogP contribution in [0.2, 0.25) is 0 Å². The standard InChI is InChI=1S/C24H28F5N5O4/c1-23(2,3)38-22(36)32-14-8-16(34-9-15-17(10-34)33(4)21(31-15)20(30)35)19(24(27,28)29)37-18(14)12-7-11(25)5-6-13(12)26/h5-7,14,16,18-19H,8-10H2,1-4H3,(H2,30,35)(H,32,36)/t14-,16+,18+,19-/m0/s1. The highest BCUT2D eigenvalue weighted by Gasteiger charge is 2.55. The number of ether oxygens (including phenoxy) is 2. The molecular formula is C24H28F5N5O4. The number of fused-ring (bicyclic) bond motifs is 1. The molecule has 1 aromatic heterocycles. The van der Waals surface area contributed by atoms with E-state index in [1.165, 1.54) is 16.5 Å². The van der Waals surface area contributed by atoms with Crippen molar-refractivity contribution in [3.8, 4) is 0 Å². The smallest absolute Gasteiger partial charge is 0.416 e. The first-order chi connectivity index (χ1) is 17.5. The van der Waals surface area contributed by atoms with E-state index in [9.17, 15) is 31.5 Å². The number of carbonyl (C=O) groups is 2. The van der Waals surface area contributed by atoms with Crippen molar-refractivity contribution in [3.05, 3.63) is 52.6 Å². The van der Waals surface area contributed by atoms with E-state index in [2.05, 4.69) is 10.3 Å². The highest BCUT2D eigenvalue weighted by Crippen LogP contribution is 2.43. The lowest BCUT2D eigenvalue weighted by Gasteiger charge is -2.45. The van der Waals surface area contributed by atoms with Gasteiger partial charge in [-0.2, -0.15) is 13.2 Å². The molecule has 0 bridgehead atoms. The molecule has 0 saturated carbocycles. The monoisotopic (exact) mass is 545 g/mol. The summed E-state index contributed by atoms with van der Waals surface area (Å²) in [5, 5.41) is 2.50. The van der Waals surface area contributed by atoms with Gasteiger partial charge in [0.15, 0.2) is 11.9 Å². The Balaban J connectivity index is 1.69. The Labute approximate surface area is 215 Å². The average Bonchev–Trinajstić information content (AvgIpc) is 3.32. The molecule has 208 valence electrons. The van der Waals surface area contributed by atoms with Crippen LogP contribution in [0.15, 0.2) is 18.2 Å². The van der Waals surface area contributed by atoms with Crippen LogP contribution in [0.5, 0.6) is 0 Å². The minimum Gasteiger partial charge on any atom is -0.444 e. The molecule has 38 heavy (non-hydrogen) atoms. The molecule has 4 rings (SSSR count). The molecule has 14 heteroatoms. The molecule has 9 nitrogen and oxygen atoms in total. The lowest BCUT2D eigenvalue weighted by atomic mass is 9.88. The van der Waals surface area contributed by atoms with E-state index in [0.29, 0.717) is 11.4 Å². The van der Waals surface area contributed by atoms with Gasteiger partial charge in [0.25, 0.3) is 5.91 Å². The average molecular weight is 546 g/mol. The first kappa shape index (κ1) is 27.8. The van der Waals surface area contributed by atoms with Crippen molar-refractivity contribution in [3.63, 3.8) is 0 Å². The molecule has 0 radical (unpaired) electrons. The predicted octanol–water partition coefficient (Wildman–Crippen LogP) is 3.47. The number of benzene rings is 1. The lowest BCUT2D eigenvalue weighted by molar-refractivity contribution is -0.270. The Morgan fingerprint density at radius 2 is 1.87 bits per heavy atom. The number of aromatic nitrogens is 2. The Morgan fingerprint density at radius 3 is 2.45 bits per heavy atom. The van der Waals surface area contributed by atoms with Crippen molar-refractivity contribution >= 4 is 12.0 Å². The normalized spacial score (nSPS) is 24.2. The number of nitrogens with one attached hydrogen (secondary N) is 1. The van der Waals surface area contributed by atoms with E-state index in [4.69, 9.17) is 15.2 Å². The molecule has 2 aromatic rings. The van der Waals surface area contributed by atoms with Gasteiger partial charge < -0.3 is 25.1 Å². The van der Waals surface area contributed by atoms with Gasteiger partial charge >= 0.3 is 12.3 Å². The van der Waals surface area contributed by atoms with Crippen LogP contribution in [0.4, 0.5) is 26.7 Å². The highest BCUT2D eigenvalue weighted by molar-refractivity contribution is 5.89. The van der Waals surface area contributed by atoms with Crippen LogP contribution in [-0.2, 0) is 29.6 Å². The number of alkyl carbamates (subject to hydrolysis) is 1. The number of carbonyl (C=O) groups excluding carboxylic acids is 2. The zero-order chi connectivity index (χ0) is 28.2. The number of rotatable bonds is 4. The molecular weight excluding hydrogens is 517 g/mol. The molecule has 2 amide bonds. The second-order valence-electron chi connectivity index (χ2n) is 10.4. The number of nitrogens with zero attached hydrogens (tertiary/aromatic N) is 3. The van der Waals surface area contributed by atoms with Crippen LogP contribution in [-0.4, -0.2) is 56.4 Å². The van der Waals surface area contributed by atoms with Gasteiger partial charge in [0, 0.05) is 31.7 Å². The number of halogens is 5. The Morgan fingerprint density at radius 1 is 1.18 bits per heavy atom. The number of hydrogen-bond donors (Lipinski definition) is 2. The lowest BCUT2D eigenvalue weighted by Crippen LogP contribution is -2.59. The molecule has 0 spiro atoms. The minimum atomic E-state index is -4.88. The van der Waals surface area contributed by atoms with Crippen molar-refractivity contribution in [2.24, 2.45) is 12.8 Å². The summed E-state index contributed by atoms with van der Waals surface area (Å²) >= 11 is 0. The van der Waals surface area contributed by atoms with E-state index in [1.807, 2.05) is 0 Å². The second-order valence-corrected chi connectivity index (χ2v) is 10.4. The van der Waals surface area contributed by atoms with Gasteiger partial charge in [-0.25, -0.2) is 18.6 Å². The fourth-order valence-corrected chi connectivity index (χ4v) is 4.91. The summed E-state index contributed by atoms with van der Waals surface area (Å²) in [4.78, 5) is 29.8. The molecule has 4 atom stereocenters. The Kier molecular flexibility index (Phi) is 7.16. The summed E-state index contributed by atoms with van der Waals surface area (Å²) in [6.45, 7) is 4.75. The first-order valence-electron chi connectivity index (χ1n) is 11.8. The van der Waals surface area contributed by atoms with Gasteiger partial charge in [0.2, 0.25) is 0 Å². The summed E-state index contributed by atoms with van der Waals surface area (Å²) in [5.41, 5.74) is 4.83. The Bertz CT molecular complexity index is 1240. The molecule has 0 unspecified atom stereocenters. The van der Waals surface area contributed by atoms with Crippen LogP contribution in [0.25, 0.3) is 0 Å². The molecule has 1 fully saturated rings. The summed E-state index contributed by atoms with van der Waals surface area (Å²) in [6.07, 6.45) is -10.2. The minimum absolute atomic E-state index is 0.00906. The Hall–Kier alpha value is -3.26. The van der Waals surface area contributed by atoms with Crippen molar-refractivity contribution < 1.29 is 41.0 Å². The topological polar surface area (TPSA) is 112 Å². The van der Waals surface area contributed by atoms with E-state index < -0.39 is 65.3 Å². The SMILES string of the molecule is Cn1c(C(N)=O)nc2c1CN([C@@H]1C[C@H](NC(=O)OC(C)(C)C)[C@@H](c3cc(F)ccc3F)O[C@@H]1C(F)(F)F)C2. The largest absolute Gasteiger partial charge is 0.444 e. The van der Waals surface area contributed by atoms with Crippen LogP contribution in [0, 0.1) is 11.6 Å². The summed E-state index contributed by atoms with van der Waals surface area (Å²) < 4.78 is 83.8. The van der Waals surface area contributed by atoms with Gasteiger partial charge in [-0.1, -0.05) is 0 Å². The van der Waals surface area contributed by atoms with Crippen LogP contribution < -0.4 is 11.1 Å². The van der Waals surface area contributed by atoms with E-state index in [1.54, 1.807) is 20.8 Å². The third-order valence-electron chi connectivity index (χ3n) is 6.48. The van der Waals surface area contributed by atoms with Gasteiger partial charge in [-0.05, 0) is 45.4 Å². The van der Waals surface area contributed by atoms with Gasteiger partial charge in [0.1, 0.15) is 23.3 Å². The maximum absolute atomic E-state index is 14.7. The summed E-state index contributed by atoms with van der Waals surface area (Å²) in [5.74, 6) is -2.65. The number of amides is 2. The van der Waals surface area contributed by atoms with Gasteiger partial charge in [0.05, 0.1) is 17.4 Å². The molecule has 0 aliphatic carbocycles. The molecule has 1 aromatic carbocycles. The molecule has 1 saturated heterocycles. The number of primary amides is 1. The number of imidazole rings is 1. The number of nitrogens with two attached hydrogens (primary N) is 1. The fourth-order valence-electron chi connectivity index (χ4n) is 4.91. The number of hydrogen-bond acceptors (Lipinski definition) is 6. The van der Waals surface area contributed by atoms with Crippen molar-refractivity contribution in [2.75, 3.05) is 0 Å². The van der Waals surface area contributed by atoms with Crippen molar-refractivity contribution in [2.45, 2.75) is 76.4 Å². The third-order valence-corrected chi connectivity index (χ3v) is 6.48. The van der Waals surface area contributed by atoms with Crippen molar-refractivity contribution in [1.29, 1.82) is 0 Å². The zero-order valence-corrected chi connectivity index (χ0v) is 21.1. The second kappa shape index (κ2) is 9.80. The number of alkyl halides is 3. The van der Waals surface area contributed by atoms with Crippen molar-refractivity contribution in [1.82, 2.24) is 19.8 Å². The van der Waals surface area contributed by atoms with Crippen LogP contribution in [0.3, 0.4) is 0 Å². The third kappa shape index (κ3) is 5.60. The zero-order valence-electron chi connectivity index (χ0n) is 21.1. The molecule has 3 N–H and O–H groups in total. The summed E-state index contributed by atoms with van der Waals surface area (Å²) in [6, 6.07) is -0.182. The van der Waals surface area contributed by atoms with E-state index >= 15 is 0 Å². The quantitative estimate of drug-likeness (QED) is 0.570. The fraction of sp³-hybridized carbons (Fsp3) is 0.542. The summed E-state index contributed by atoms with van der Waals surface area (Å²) in [7, 11) is 1.53. The maximum Gasteiger partial charge on any atom is 0.416 e. The van der Waals surface area contributed by atoms with Gasteiger partial charge in [-0.3, -0.25) is 9.69 Å². The first-order valence-corrected chi connectivity index (χ1v) is 11.8. The predicted molar refractivity (Wildman–Crippen MR) is 123 cm³/mol. The maximum atomic E-state index is 14.7. The highest BCUT2D eigenvalue weighted by atomic mass is 19.4. The molecule has 2 aliphatic rings.